The second-order valence-electron chi connectivity index (χ2n) is 5.47. The smallest absolute Gasteiger partial charge is 0.140 e. The van der Waals surface area contributed by atoms with Gasteiger partial charge in [-0.25, -0.2) is 4.98 Å². The Balaban J connectivity index is 1.87. The van der Waals surface area contributed by atoms with Crippen LogP contribution in [0.5, 0.6) is 0 Å². The highest BCUT2D eigenvalue weighted by molar-refractivity contribution is 5.80. The van der Waals surface area contributed by atoms with Crippen molar-refractivity contribution in [1.29, 1.82) is 0 Å². The zero-order chi connectivity index (χ0) is 13.9. The molecule has 1 atom stereocenters. The third-order valence-corrected chi connectivity index (χ3v) is 3.83. The van der Waals surface area contributed by atoms with E-state index in [0.717, 1.165) is 38.4 Å². The van der Waals surface area contributed by atoms with Gasteiger partial charge < -0.3 is 19.5 Å². The van der Waals surface area contributed by atoms with E-state index in [-0.39, 0.29) is 6.10 Å². The highest BCUT2D eigenvalue weighted by Crippen LogP contribution is 2.20. The van der Waals surface area contributed by atoms with Crippen molar-refractivity contribution in [3.63, 3.8) is 0 Å². The highest BCUT2D eigenvalue weighted by Gasteiger charge is 2.19. The minimum atomic E-state index is 0.244. The monoisotopic (exact) mass is 274 g/mol. The number of morpholine rings is 1. The van der Waals surface area contributed by atoms with Crippen molar-refractivity contribution in [2.45, 2.75) is 19.2 Å². The highest BCUT2D eigenvalue weighted by atomic mass is 16.5. The van der Waals surface area contributed by atoms with Gasteiger partial charge in [-0.1, -0.05) is 0 Å². The molecule has 1 aliphatic rings. The number of ether oxygens (including phenoxy) is 1. The summed E-state index contributed by atoms with van der Waals surface area (Å²) in [5.74, 6) is 0. The van der Waals surface area contributed by atoms with Crippen LogP contribution in [0.3, 0.4) is 0 Å². The van der Waals surface area contributed by atoms with Crippen molar-refractivity contribution in [3.05, 3.63) is 30.1 Å². The first-order chi connectivity index (χ1) is 9.78. The maximum atomic E-state index is 5.86. The van der Waals surface area contributed by atoms with Crippen LogP contribution in [-0.4, -0.2) is 54.3 Å². The molecule has 0 saturated carbocycles. The third kappa shape index (κ3) is 2.70. The molecule has 0 amide bonds. The summed E-state index contributed by atoms with van der Waals surface area (Å²) in [6.45, 7) is 4.54. The number of rotatable bonds is 4. The second kappa shape index (κ2) is 5.91. The molecule has 2 aromatic heterocycles. The van der Waals surface area contributed by atoms with Crippen molar-refractivity contribution in [1.82, 2.24) is 19.8 Å². The Kier molecular flexibility index (Phi) is 4.00. The van der Waals surface area contributed by atoms with Crippen LogP contribution in [0.1, 0.15) is 5.56 Å². The molecular weight excluding hydrogens is 252 g/mol. The molecule has 0 aromatic carbocycles. The predicted octanol–water partition coefficient (Wildman–Crippen LogP) is 1.09. The van der Waals surface area contributed by atoms with E-state index in [1.165, 1.54) is 10.9 Å². The van der Waals surface area contributed by atoms with Crippen molar-refractivity contribution >= 4 is 11.0 Å². The van der Waals surface area contributed by atoms with Crippen molar-refractivity contribution in [3.8, 4) is 0 Å². The first-order valence-electron chi connectivity index (χ1n) is 7.15. The van der Waals surface area contributed by atoms with Crippen LogP contribution >= 0.6 is 0 Å². The number of fused-ring (bicyclic) bond motifs is 1. The second-order valence-corrected chi connectivity index (χ2v) is 5.47. The van der Waals surface area contributed by atoms with Gasteiger partial charge in [-0.05, 0) is 31.8 Å². The van der Waals surface area contributed by atoms with Crippen LogP contribution in [0.2, 0.25) is 0 Å². The molecule has 20 heavy (non-hydrogen) atoms. The molecule has 1 unspecified atom stereocenters. The molecule has 5 nitrogen and oxygen atoms in total. The van der Waals surface area contributed by atoms with E-state index in [1.807, 2.05) is 19.3 Å². The fourth-order valence-corrected chi connectivity index (χ4v) is 2.86. The van der Waals surface area contributed by atoms with Gasteiger partial charge in [0.25, 0.3) is 0 Å². The van der Waals surface area contributed by atoms with Crippen LogP contribution in [0, 0.1) is 0 Å². The van der Waals surface area contributed by atoms with Crippen molar-refractivity contribution in [2.75, 3.05) is 33.8 Å². The topological polar surface area (TPSA) is 42.3 Å². The molecule has 2 aromatic rings. The Morgan fingerprint density at radius 2 is 2.40 bits per heavy atom. The molecule has 0 aliphatic carbocycles. The van der Waals surface area contributed by atoms with E-state index < -0.39 is 0 Å². The standard InChI is InChI=1S/C15H22N4O/c1-16-8-12-9-19(15-14(12)4-3-5-17-15)11-13-10-18(2)6-7-20-13/h3-5,9,13,16H,6-8,10-11H2,1-2H3. The van der Waals surface area contributed by atoms with Crippen molar-refractivity contribution in [2.24, 2.45) is 0 Å². The van der Waals surface area contributed by atoms with Gasteiger partial charge in [-0.3, -0.25) is 0 Å². The predicted molar refractivity (Wildman–Crippen MR) is 79.7 cm³/mol. The summed E-state index contributed by atoms with van der Waals surface area (Å²) < 4.78 is 8.09. The summed E-state index contributed by atoms with van der Waals surface area (Å²) in [6, 6.07) is 4.13. The molecule has 3 heterocycles. The molecule has 1 fully saturated rings. The summed E-state index contributed by atoms with van der Waals surface area (Å²) in [6.07, 6.45) is 4.30. The minimum absolute atomic E-state index is 0.244. The molecule has 5 heteroatoms. The fraction of sp³-hybridized carbons (Fsp3) is 0.533. The third-order valence-electron chi connectivity index (χ3n) is 3.83. The van der Waals surface area contributed by atoms with Crippen LogP contribution in [0.25, 0.3) is 11.0 Å². The van der Waals surface area contributed by atoms with Gasteiger partial charge in [0.15, 0.2) is 0 Å². The Morgan fingerprint density at radius 1 is 1.50 bits per heavy atom. The quantitative estimate of drug-likeness (QED) is 0.906. The lowest BCUT2D eigenvalue weighted by atomic mass is 10.2. The lowest BCUT2D eigenvalue weighted by molar-refractivity contribution is -0.0269. The summed E-state index contributed by atoms with van der Waals surface area (Å²) in [7, 11) is 4.12. The van der Waals surface area contributed by atoms with Crippen molar-refractivity contribution < 1.29 is 4.74 Å². The minimum Gasteiger partial charge on any atom is -0.374 e. The molecule has 0 bridgehead atoms. The van der Waals surface area contributed by atoms with Crippen LogP contribution in [0.4, 0.5) is 0 Å². The molecular formula is C15H22N4O. The van der Waals surface area contributed by atoms with E-state index in [0.29, 0.717) is 0 Å². The number of hydrogen-bond acceptors (Lipinski definition) is 4. The number of pyridine rings is 1. The maximum absolute atomic E-state index is 5.86. The van der Waals surface area contributed by atoms with E-state index in [1.54, 1.807) is 0 Å². The number of hydrogen-bond donors (Lipinski definition) is 1. The summed E-state index contributed by atoms with van der Waals surface area (Å²) >= 11 is 0. The lowest BCUT2D eigenvalue weighted by Crippen LogP contribution is -2.41. The molecule has 108 valence electrons. The number of aromatic nitrogens is 2. The average Bonchev–Trinajstić information content (AvgIpc) is 2.78. The van der Waals surface area contributed by atoms with Gasteiger partial charge in [-0.2, -0.15) is 0 Å². The van der Waals surface area contributed by atoms with Gasteiger partial charge in [0.2, 0.25) is 0 Å². The number of likely N-dealkylation sites (N-methyl/N-ethyl adjacent to an activating group) is 1. The first-order valence-corrected chi connectivity index (χ1v) is 7.15. The van der Waals surface area contributed by atoms with Crippen LogP contribution in [-0.2, 0) is 17.8 Å². The van der Waals surface area contributed by atoms with E-state index >= 15 is 0 Å². The Hall–Kier alpha value is -1.43. The van der Waals surface area contributed by atoms with Crippen LogP contribution < -0.4 is 5.32 Å². The lowest BCUT2D eigenvalue weighted by Gasteiger charge is -2.30. The zero-order valence-corrected chi connectivity index (χ0v) is 12.2. The van der Waals surface area contributed by atoms with Crippen LogP contribution in [0.15, 0.2) is 24.5 Å². The molecule has 0 spiro atoms. The molecule has 1 N–H and O–H groups in total. The largest absolute Gasteiger partial charge is 0.374 e. The summed E-state index contributed by atoms with van der Waals surface area (Å²) in [5.41, 5.74) is 2.34. The van der Waals surface area contributed by atoms with Gasteiger partial charge in [0.05, 0.1) is 19.3 Å². The van der Waals surface area contributed by atoms with E-state index in [9.17, 15) is 0 Å². The molecule has 1 saturated heterocycles. The maximum Gasteiger partial charge on any atom is 0.140 e. The first kappa shape index (κ1) is 13.5. The molecule has 3 rings (SSSR count). The molecule has 1 aliphatic heterocycles. The Morgan fingerprint density at radius 3 is 3.20 bits per heavy atom. The average molecular weight is 274 g/mol. The normalized spacial score (nSPS) is 20.6. The SMILES string of the molecule is CNCc1cn(CC2CN(C)CCO2)c2ncccc12. The van der Waals surface area contributed by atoms with Gasteiger partial charge >= 0.3 is 0 Å². The zero-order valence-electron chi connectivity index (χ0n) is 12.2. The number of nitrogens with zero attached hydrogens (tertiary/aromatic N) is 3. The molecule has 0 radical (unpaired) electrons. The van der Waals surface area contributed by atoms with Gasteiger partial charge in [0.1, 0.15) is 5.65 Å². The number of nitrogens with one attached hydrogen (secondary N) is 1. The summed E-state index contributed by atoms with van der Waals surface area (Å²) in [4.78, 5) is 6.86. The Labute approximate surface area is 119 Å². The van der Waals surface area contributed by atoms with E-state index in [2.05, 4.69) is 39.1 Å². The summed E-state index contributed by atoms with van der Waals surface area (Å²) in [5, 5.41) is 4.45. The van der Waals surface area contributed by atoms with E-state index in [4.69, 9.17) is 4.74 Å². The fourth-order valence-electron chi connectivity index (χ4n) is 2.86. The Bertz CT molecular complexity index is 580. The van der Waals surface area contributed by atoms with Gasteiger partial charge in [0, 0.05) is 37.4 Å². The van der Waals surface area contributed by atoms with Gasteiger partial charge in [-0.15, -0.1) is 0 Å².